The van der Waals surface area contributed by atoms with Gasteiger partial charge in [0.1, 0.15) is 5.75 Å². The van der Waals surface area contributed by atoms with Gasteiger partial charge in [-0.2, -0.15) is 0 Å². The van der Waals surface area contributed by atoms with E-state index in [-0.39, 0.29) is 29.2 Å². The highest BCUT2D eigenvalue weighted by Gasteiger charge is 2.31. The van der Waals surface area contributed by atoms with Crippen LogP contribution in [-0.2, 0) is 16.3 Å². The van der Waals surface area contributed by atoms with E-state index in [1.807, 2.05) is 12.1 Å². The minimum atomic E-state index is -2.86. The van der Waals surface area contributed by atoms with Gasteiger partial charge in [0.05, 0.1) is 11.5 Å². The summed E-state index contributed by atoms with van der Waals surface area (Å²) in [6, 6.07) is 6.75. The molecule has 1 aliphatic heterocycles. The van der Waals surface area contributed by atoms with Gasteiger partial charge in [-0.15, -0.1) is 0 Å². The molecule has 0 amide bonds. The van der Waals surface area contributed by atoms with Gasteiger partial charge in [0.2, 0.25) is 0 Å². The number of hydrogen-bond donors (Lipinski definition) is 2. The van der Waals surface area contributed by atoms with Crippen LogP contribution < -0.4 is 5.73 Å². The first kappa shape index (κ1) is 12.4. The van der Waals surface area contributed by atoms with Crippen LogP contribution >= 0.6 is 0 Å². The number of phenolic OH excluding ortho intramolecular Hbond substituents is 1. The van der Waals surface area contributed by atoms with Crippen LogP contribution in [0.1, 0.15) is 12.0 Å². The average Bonchev–Trinajstić information content (AvgIpc) is 2.62. The van der Waals surface area contributed by atoms with Crippen LogP contribution in [0.5, 0.6) is 5.75 Å². The van der Waals surface area contributed by atoms with Crippen molar-refractivity contribution in [2.75, 3.05) is 11.5 Å². The summed E-state index contributed by atoms with van der Waals surface area (Å²) in [7, 11) is -2.86. The van der Waals surface area contributed by atoms with Gasteiger partial charge >= 0.3 is 0 Å². The van der Waals surface area contributed by atoms with Gasteiger partial charge in [-0.3, -0.25) is 0 Å². The fourth-order valence-corrected chi connectivity index (χ4v) is 4.13. The predicted molar refractivity (Wildman–Crippen MR) is 66.5 cm³/mol. The van der Waals surface area contributed by atoms with Gasteiger partial charge in [0, 0.05) is 6.04 Å². The first-order valence-electron chi connectivity index (χ1n) is 5.70. The van der Waals surface area contributed by atoms with Crippen LogP contribution in [0.4, 0.5) is 0 Å². The number of aromatic hydroxyl groups is 1. The van der Waals surface area contributed by atoms with E-state index in [0.29, 0.717) is 12.8 Å². The Balaban J connectivity index is 1.98. The molecule has 4 nitrogen and oxygen atoms in total. The molecule has 1 aliphatic rings. The molecule has 0 bridgehead atoms. The van der Waals surface area contributed by atoms with Gasteiger partial charge in [-0.25, -0.2) is 8.42 Å². The molecule has 1 fully saturated rings. The number of rotatable bonds is 3. The van der Waals surface area contributed by atoms with Crippen LogP contribution in [0, 0.1) is 5.92 Å². The Morgan fingerprint density at radius 1 is 1.35 bits per heavy atom. The van der Waals surface area contributed by atoms with Crippen molar-refractivity contribution in [2.45, 2.75) is 18.9 Å². The topological polar surface area (TPSA) is 80.4 Å². The van der Waals surface area contributed by atoms with E-state index < -0.39 is 9.84 Å². The molecule has 0 spiro atoms. The van der Waals surface area contributed by atoms with E-state index in [4.69, 9.17) is 10.8 Å². The Bertz CT molecular complexity index is 481. The minimum Gasteiger partial charge on any atom is -0.508 e. The molecule has 0 aliphatic carbocycles. The van der Waals surface area contributed by atoms with Crippen molar-refractivity contribution in [3.05, 3.63) is 29.8 Å². The van der Waals surface area contributed by atoms with Crippen LogP contribution in [0.2, 0.25) is 0 Å². The molecule has 0 saturated carbocycles. The van der Waals surface area contributed by atoms with Gasteiger partial charge < -0.3 is 10.8 Å². The lowest BCUT2D eigenvalue weighted by Gasteiger charge is -2.17. The number of nitrogens with two attached hydrogens (primary N) is 1. The van der Waals surface area contributed by atoms with Crippen LogP contribution in [0.15, 0.2) is 24.3 Å². The number of phenols is 1. The van der Waals surface area contributed by atoms with Crippen LogP contribution in [0.3, 0.4) is 0 Å². The lowest BCUT2D eigenvalue weighted by Crippen LogP contribution is -2.33. The lowest BCUT2D eigenvalue weighted by atomic mass is 9.94. The molecule has 2 unspecified atom stereocenters. The van der Waals surface area contributed by atoms with Crippen LogP contribution in [0.25, 0.3) is 0 Å². The molecule has 1 saturated heterocycles. The molecule has 1 aromatic carbocycles. The highest BCUT2D eigenvalue weighted by Crippen LogP contribution is 2.23. The fraction of sp³-hybridized carbons (Fsp3) is 0.500. The maximum atomic E-state index is 11.4. The van der Waals surface area contributed by atoms with E-state index in [9.17, 15) is 8.42 Å². The number of hydrogen-bond acceptors (Lipinski definition) is 4. The summed E-state index contributed by atoms with van der Waals surface area (Å²) in [5, 5.41) is 9.16. The normalized spacial score (nSPS) is 24.6. The second-order valence-electron chi connectivity index (χ2n) is 4.70. The van der Waals surface area contributed by atoms with Gasteiger partial charge in [0.25, 0.3) is 0 Å². The maximum Gasteiger partial charge on any atom is 0.150 e. The third-order valence-corrected chi connectivity index (χ3v) is 5.07. The van der Waals surface area contributed by atoms with E-state index in [1.165, 1.54) is 0 Å². The molecular weight excluding hydrogens is 238 g/mol. The standard InChI is InChI=1S/C12H17NO3S/c13-12(10-5-6-17(15,16)8-10)7-9-1-3-11(14)4-2-9/h1-4,10,12,14H,5-8,13H2. The summed E-state index contributed by atoms with van der Waals surface area (Å²) >= 11 is 0. The summed E-state index contributed by atoms with van der Waals surface area (Å²) in [5.74, 6) is 0.771. The third-order valence-electron chi connectivity index (χ3n) is 3.28. The Morgan fingerprint density at radius 3 is 2.53 bits per heavy atom. The first-order valence-corrected chi connectivity index (χ1v) is 7.52. The molecule has 1 aromatic rings. The molecule has 5 heteroatoms. The minimum absolute atomic E-state index is 0.0637. The molecule has 17 heavy (non-hydrogen) atoms. The summed E-state index contributed by atoms with van der Waals surface area (Å²) in [5.41, 5.74) is 7.07. The van der Waals surface area contributed by atoms with Gasteiger partial charge in [-0.05, 0) is 36.5 Å². The summed E-state index contributed by atoms with van der Waals surface area (Å²) in [6.07, 6.45) is 1.32. The fourth-order valence-electron chi connectivity index (χ4n) is 2.23. The Morgan fingerprint density at radius 2 is 2.00 bits per heavy atom. The molecule has 94 valence electrons. The molecule has 3 N–H and O–H groups in total. The van der Waals surface area contributed by atoms with Crippen molar-refractivity contribution >= 4 is 9.84 Å². The monoisotopic (exact) mass is 255 g/mol. The SMILES string of the molecule is NC(Cc1ccc(O)cc1)C1CCS(=O)(=O)C1. The highest BCUT2D eigenvalue weighted by molar-refractivity contribution is 7.91. The van der Waals surface area contributed by atoms with Crippen molar-refractivity contribution < 1.29 is 13.5 Å². The second kappa shape index (κ2) is 4.66. The van der Waals surface area contributed by atoms with Crippen molar-refractivity contribution in [2.24, 2.45) is 11.7 Å². The highest BCUT2D eigenvalue weighted by atomic mass is 32.2. The smallest absolute Gasteiger partial charge is 0.150 e. The molecule has 0 radical (unpaired) electrons. The van der Waals surface area contributed by atoms with E-state index in [1.54, 1.807) is 12.1 Å². The van der Waals surface area contributed by atoms with E-state index in [0.717, 1.165) is 5.56 Å². The summed E-state index contributed by atoms with van der Waals surface area (Å²) < 4.78 is 22.7. The van der Waals surface area contributed by atoms with E-state index >= 15 is 0 Å². The molecule has 0 aromatic heterocycles. The van der Waals surface area contributed by atoms with Crippen molar-refractivity contribution in [1.29, 1.82) is 0 Å². The zero-order valence-electron chi connectivity index (χ0n) is 9.54. The van der Waals surface area contributed by atoms with Crippen molar-refractivity contribution in [3.63, 3.8) is 0 Å². The number of benzene rings is 1. The zero-order valence-corrected chi connectivity index (χ0v) is 10.4. The largest absolute Gasteiger partial charge is 0.508 e. The van der Waals surface area contributed by atoms with Crippen LogP contribution in [-0.4, -0.2) is 31.1 Å². The lowest BCUT2D eigenvalue weighted by molar-refractivity contribution is 0.459. The van der Waals surface area contributed by atoms with Gasteiger partial charge in [-0.1, -0.05) is 12.1 Å². The second-order valence-corrected chi connectivity index (χ2v) is 6.93. The Kier molecular flexibility index (Phi) is 3.40. The molecular formula is C12H17NO3S. The summed E-state index contributed by atoms with van der Waals surface area (Å²) in [6.45, 7) is 0. The van der Waals surface area contributed by atoms with Crippen molar-refractivity contribution in [3.8, 4) is 5.75 Å². The maximum absolute atomic E-state index is 11.4. The number of sulfone groups is 1. The molecule has 2 rings (SSSR count). The van der Waals surface area contributed by atoms with Crippen molar-refractivity contribution in [1.82, 2.24) is 0 Å². The first-order chi connectivity index (χ1) is 7.96. The Labute approximate surface area is 101 Å². The quantitative estimate of drug-likeness (QED) is 0.833. The predicted octanol–water partition coefficient (Wildman–Crippen LogP) is 0.697. The molecule has 2 atom stereocenters. The average molecular weight is 255 g/mol. The zero-order chi connectivity index (χ0) is 12.5. The third kappa shape index (κ3) is 3.20. The molecule has 1 heterocycles. The summed E-state index contributed by atoms with van der Waals surface area (Å²) in [4.78, 5) is 0. The van der Waals surface area contributed by atoms with E-state index in [2.05, 4.69) is 0 Å². The Hall–Kier alpha value is -1.07. The van der Waals surface area contributed by atoms with Gasteiger partial charge in [0.15, 0.2) is 9.84 Å².